The number of carbonyl (C=O) groups is 2. The van der Waals surface area contributed by atoms with E-state index in [0.29, 0.717) is 12.0 Å². The first-order chi connectivity index (χ1) is 8.43. The lowest BCUT2D eigenvalue weighted by Crippen LogP contribution is -2.40. The van der Waals surface area contributed by atoms with E-state index >= 15 is 0 Å². The lowest BCUT2D eigenvalue weighted by Gasteiger charge is -2.31. The van der Waals surface area contributed by atoms with Crippen LogP contribution in [-0.2, 0) is 9.53 Å². The second-order valence-corrected chi connectivity index (χ2v) is 5.51. The van der Waals surface area contributed by atoms with E-state index in [1.165, 1.54) is 0 Å². The molecule has 0 N–H and O–H groups in total. The van der Waals surface area contributed by atoms with E-state index in [1.54, 1.807) is 12.1 Å². The highest BCUT2D eigenvalue weighted by Crippen LogP contribution is 2.37. The van der Waals surface area contributed by atoms with E-state index < -0.39 is 5.41 Å². The van der Waals surface area contributed by atoms with Crippen molar-refractivity contribution >= 4 is 11.8 Å². The highest BCUT2D eigenvalue weighted by Gasteiger charge is 2.46. The molecule has 0 aliphatic carbocycles. The van der Waals surface area contributed by atoms with Crippen LogP contribution in [0.5, 0.6) is 0 Å². The van der Waals surface area contributed by atoms with E-state index in [-0.39, 0.29) is 23.8 Å². The SMILES string of the molecule is C[C@@H]1CC(=O)O[C@@H]1C(C)(C)C(=O)c1ccccc1. The smallest absolute Gasteiger partial charge is 0.306 e. The number of rotatable bonds is 3. The summed E-state index contributed by atoms with van der Waals surface area (Å²) < 4.78 is 5.32. The lowest BCUT2D eigenvalue weighted by molar-refractivity contribution is -0.144. The van der Waals surface area contributed by atoms with Crippen LogP contribution in [0.1, 0.15) is 37.6 Å². The molecule has 3 nitrogen and oxygen atoms in total. The fourth-order valence-electron chi connectivity index (χ4n) is 2.63. The molecule has 0 radical (unpaired) electrons. The minimum absolute atomic E-state index is 0.0228. The Morgan fingerprint density at radius 1 is 1.28 bits per heavy atom. The Kier molecular flexibility index (Phi) is 3.24. The van der Waals surface area contributed by atoms with Crippen LogP contribution < -0.4 is 0 Å². The Labute approximate surface area is 107 Å². The second kappa shape index (κ2) is 4.56. The van der Waals surface area contributed by atoms with Crippen molar-refractivity contribution in [3.05, 3.63) is 35.9 Å². The van der Waals surface area contributed by atoms with Crippen molar-refractivity contribution in [2.45, 2.75) is 33.3 Å². The average molecular weight is 246 g/mol. The van der Waals surface area contributed by atoms with E-state index in [0.717, 1.165) is 0 Å². The van der Waals surface area contributed by atoms with Gasteiger partial charge in [-0.2, -0.15) is 0 Å². The van der Waals surface area contributed by atoms with Crippen molar-refractivity contribution in [1.82, 2.24) is 0 Å². The van der Waals surface area contributed by atoms with Gasteiger partial charge in [0.15, 0.2) is 5.78 Å². The first kappa shape index (κ1) is 12.8. The van der Waals surface area contributed by atoms with Crippen LogP contribution in [0.4, 0.5) is 0 Å². The molecule has 1 heterocycles. The first-order valence-corrected chi connectivity index (χ1v) is 6.22. The minimum Gasteiger partial charge on any atom is -0.461 e. The Balaban J connectivity index is 2.26. The Morgan fingerprint density at radius 3 is 2.39 bits per heavy atom. The van der Waals surface area contributed by atoms with Crippen molar-refractivity contribution in [1.29, 1.82) is 0 Å². The highest BCUT2D eigenvalue weighted by molar-refractivity contribution is 6.00. The number of hydrogen-bond acceptors (Lipinski definition) is 3. The third-order valence-corrected chi connectivity index (χ3v) is 3.60. The van der Waals surface area contributed by atoms with Crippen LogP contribution in [0.25, 0.3) is 0 Å². The molecule has 2 rings (SSSR count). The summed E-state index contributed by atoms with van der Waals surface area (Å²) in [4.78, 5) is 23.9. The summed E-state index contributed by atoms with van der Waals surface area (Å²) in [5.74, 6) is -0.101. The largest absolute Gasteiger partial charge is 0.461 e. The van der Waals surface area contributed by atoms with Crippen molar-refractivity contribution in [3.8, 4) is 0 Å². The molecule has 0 bridgehead atoms. The van der Waals surface area contributed by atoms with Gasteiger partial charge in [-0.3, -0.25) is 9.59 Å². The topological polar surface area (TPSA) is 43.4 Å². The number of carbonyl (C=O) groups excluding carboxylic acids is 2. The fraction of sp³-hybridized carbons (Fsp3) is 0.467. The zero-order chi connectivity index (χ0) is 13.3. The second-order valence-electron chi connectivity index (χ2n) is 5.51. The molecule has 1 aliphatic rings. The van der Waals surface area contributed by atoms with Crippen molar-refractivity contribution in [2.24, 2.45) is 11.3 Å². The number of esters is 1. The van der Waals surface area contributed by atoms with E-state index in [1.807, 2.05) is 39.0 Å². The van der Waals surface area contributed by atoms with Gasteiger partial charge in [-0.25, -0.2) is 0 Å². The summed E-state index contributed by atoms with van der Waals surface area (Å²) in [6.45, 7) is 5.65. The summed E-state index contributed by atoms with van der Waals surface area (Å²) in [5, 5.41) is 0. The molecule has 1 saturated heterocycles. The molecule has 96 valence electrons. The van der Waals surface area contributed by atoms with Crippen LogP contribution in [0.2, 0.25) is 0 Å². The molecule has 1 aromatic rings. The molecule has 3 heteroatoms. The maximum absolute atomic E-state index is 12.5. The number of benzene rings is 1. The van der Waals surface area contributed by atoms with Gasteiger partial charge in [-0.1, -0.05) is 37.3 Å². The number of Topliss-reactive ketones (excluding diaryl/α,β-unsaturated/α-hetero) is 1. The zero-order valence-corrected chi connectivity index (χ0v) is 11.0. The molecule has 1 fully saturated rings. The number of hydrogen-bond donors (Lipinski definition) is 0. The van der Waals surface area contributed by atoms with E-state index in [4.69, 9.17) is 4.74 Å². The van der Waals surface area contributed by atoms with Gasteiger partial charge in [0.1, 0.15) is 6.10 Å². The maximum atomic E-state index is 12.5. The van der Waals surface area contributed by atoms with Gasteiger partial charge < -0.3 is 4.74 Å². The van der Waals surface area contributed by atoms with Gasteiger partial charge in [0.05, 0.1) is 11.8 Å². The van der Waals surface area contributed by atoms with Gasteiger partial charge in [0.25, 0.3) is 0 Å². The van der Waals surface area contributed by atoms with Crippen LogP contribution in [0.3, 0.4) is 0 Å². The Hall–Kier alpha value is -1.64. The van der Waals surface area contributed by atoms with Crippen LogP contribution >= 0.6 is 0 Å². The van der Waals surface area contributed by atoms with Gasteiger partial charge in [0, 0.05) is 11.5 Å². The van der Waals surface area contributed by atoms with Crippen molar-refractivity contribution in [3.63, 3.8) is 0 Å². The van der Waals surface area contributed by atoms with Crippen LogP contribution in [0.15, 0.2) is 30.3 Å². The molecule has 0 saturated carbocycles. The van der Waals surface area contributed by atoms with Crippen molar-refractivity contribution < 1.29 is 14.3 Å². The average Bonchev–Trinajstić information content (AvgIpc) is 2.69. The van der Waals surface area contributed by atoms with E-state index in [2.05, 4.69) is 0 Å². The highest BCUT2D eigenvalue weighted by atomic mass is 16.6. The number of ketones is 1. The molecular formula is C15H18O3. The van der Waals surface area contributed by atoms with Crippen LogP contribution in [-0.4, -0.2) is 17.9 Å². The molecule has 2 atom stereocenters. The summed E-state index contributed by atoms with van der Waals surface area (Å²) in [6, 6.07) is 9.15. The lowest BCUT2D eigenvalue weighted by atomic mass is 9.75. The van der Waals surface area contributed by atoms with Gasteiger partial charge >= 0.3 is 5.97 Å². The summed E-state index contributed by atoms with van der Waals surface area (Å²) in [5.41, 5.74) is -0.0231. The van der Waals surface area contributed by atoms with Gasteiger partial charge in [0.2, 0.25) is 0 Å². The fourth-order valence-corrected chi connectivity index (χ4v) is 2.63. The summed E-state index contributed by atoms with van der Waals surface area (Å²) >= 11 is 0. The first-order valence-electron chi connectivity index (χ1n) is 6.22. The molecule has 0 spiro atoms. The molecular weight excluding hydrogens is 228 g/mol. The number of ether oxygens (including phenoxy) is 1. The maximum Gasteiger partial charge on any atom is 0.306 e. The van der Waals surface area contributed by atoms with E-state index in [9.17, 15) is 9.59 Å². The molecule has 0 amide bonds. The third-order valence-electron chi connectivity index (χ3n) is 3.60. The zero-order valence-electron chi connectivity index (χ0n) is 11.0. The Morgan fingerprint density at radius 2 is 1.89 bits per heavy atom. The molecule has 0 aromatic heterocycles. The molecule has 1 aromatic carbocycles. The quantitative estimate of drug-likeness (QED) is 0.608. The predicted octanol–water partition coefficient (Wildman–Crippen LogP) is 2.85. The van der Waals surface area contributed by atoms with Gasteiger partial charge in [-0.15, -0.1) is 0 Å². The van der Waals surface area contributed by atoms with Gasteiger partial charge in [-0.05, 0) is 13.8 Å². The molecule has 0 unspecified atom stereocenters. The summed E-state index contributed by atoms with van der Waals surface area (Å²) in [7, 11) is 0. The monoisotopic (exact) mass is 246 g/mol. The summed E-state index contributed by atoms with van der Waals surface area (Å²) in [6.07, 6.45) is 0.0635. The number of cyclic esters (lactones) is 1. The molecule has 18 heavy (non-hydrogen) atoms. The Bertz CT molecular complexity index is 462. The molecule has 1 aliphatic heterocycles. The van der Waals surface area contributed by atoms with Crippen molar-refractivity contribution in [2.75, 3.05) is 0 Å². The minimum atomic E-state index is -0.688. The standard InChI is InChI=1S/C15H18O3/c1-10-9-12(16)18-14(10)15(2,3)13(17)11-7-5-4-6-8-11/h4-8,10,14H,9H2,1-3H3/t10-,14+/m1/s1. The van der Waals surface area contributed by atoms with Crippen LogP contribution in [0, 0.1) is 11.3 Å². The predicted molar refractivity (Wildman–Crippen MR) is 68.2 cm³/mol. The third kappa shape index (κ3) is 2.17. The normalized spacial score (nSPS) is 23.8.